The molecule has 48 heavy (non-hydrogen) atoms. The van der Waals surface area contributed by atoms with Crippen LogP contribution >= 0.6 is 0 Å². The third-order valence-corrected chi connectivity index (χ3v) is 6.68. The fourth-order valence-corrected chi connectivity index (χ4v) is 4.88. The number of nitrogens with zero attached hydrogens (tertiary/aromatic N) is 3. The Kier molecular flexibility index (Phi) is 12.6. The fraction of sp³-hybridized carbons (Fsp3) is 0.308. The molecule has 0 spiro atoms. The van der Waals surface area contributed by atoms with Gasteiger partial charge in [-0.3, -0.25) is 0 Å². The van der Waals surface area contributed by atoms with Gasteiger partial charge in [0.25, 0.3) is 0 Å². The van der Waals surface area contributed by atoms with Crippen LogP contribution in [0.4, 0.5) is 0 Å². The van der Waals surface area contributed by atoms with Crippen LogP contribution in [0.3, 0.4) is 0 Å². The maximum Gasteiger partial charge on any atom is 0.331 e. The molecule has 0 N–H and O–H groups in total. The first-order valence-corrected chi connectivity index (χ1v) is 16.1. The molecule has 9 nitrogen and oxygen atoms in total. The van der Waals surface area contributed by atoms with E-state index in [1.807, 2.05) is 96.1 Å². The Hall–Kier alpha value is -5.31. The third-order valence-electron chi connectivity index (χ3n) is 6.68. The predicted molar refractivity (Wildman–Crippen MR) is 188 cm³/mol. The van der Waals surface area contributed by atoms with E-state index >= 15 is 0 Å². The van der Waals surface area contributed by atoms with Gasteiger partial charge in [0.2, 0.25) is 0 Å². The second-order valence-corrected chi connectivity index (χ2v) is 11.5. The summed E-state index contributed by atoms with van der Waals surface area (Å²) in [6.07, 6.45) is 1.71. The average molecular weight is 652 g/mol. The van der Waals surface area contributed by atoms with Gasteiger partial charge in [0, 0.05) is 16.7 Å². The van der Waals surface area contributed by atoms with Crippen LogP contribution in [0.5, 0.6) is 52.5 Å². The highest BCUT2D eigenvalue weighted by Gasteiger charge is 2.18. The molecule has 0 saturated heterocycles. The first-order valence-electron chi connectivity index (χ1n) is 16.1. The maximum absolute atomic E-state index is 6.30. The first kappa shape index (κ1) is 35.5. The second kappa shape index (κ2) is 17.0. The van der Waals surface area contributed by atoms with Gasteiger partial charge >= 0.3 is 18.0 Å². The highest BCUT2D eigenvalue weighted by Crippen LogP contribution is 2.35. The van der Waals surface area contributed by atoms with Crippen molar-refractivity contribution in [1.29, 1.82) is 0 Å². The maximum atomic E-state index is 6.30. The molecule has 4 aromatic rings. The molecule has 0 aliphatic carbocycles. The number of aromatic nitrogens is 3. The van der Waals surface area contributed by atoms with Crippen molar-refractivity contribution in [3.05, 3.63) is 108 Å². The van der Waals surface area contributed by atoms with Crippen molar-refractivity contribution < 1.29 is 28.4 Å². The number of benzene rings is 3. The van der Waals surface area contributed by atoms with E-state index in [1.165, 1.54) is 0 Å². The third kappa shape index (κ3) is 10.4. The van der Waals surface area contributed by atoms with Gasteiger partial charge < -0.3 is 28.4 Å². The Morgan fingerprint density at radius 2 is 0.750 bits per heavy atom. The van der Waals surface area contributed by atoms with E-state index in [4.69, 9.17) is 28.4 Å². The van der Waals surface area contributed by atoms with Crippen molar-refractivity contribution in [1.82, 2.24) is 15.0 Å². The van der Waals surface area contributed by atoms with Crippen LogP contribution in [0, 0.1) is 0 Å². The van der Waals surface area contributed by atoms with Crippen molar-refractivity contribution in [2.75, 3.05) is 19.8 Å². The summed E-state index contributed by atoms with van der Waals surface area (Å²) in [5.41, 5.74) is 5.47. The molecular formula is C39H45N3O6. The molecule has 1 aromatic heterocycles. The van der Waals surface area contributed by atoms with Crippen LogP contribution in [0.25, 0.3) is 0 Å². The van der Waals surface area contributed by atoms with Crippen molar-refractivity contribution in [2.45, 2.75) is 60.8 Å². The minimum Gasteiger partial charge on any atom is -0.494 e. The number of ether oxygens (including phenoxy) is 6. The normalized spacial score (nSPS) is 10.6. The summed E-state index contributed by atoms with van der Waals surface area (Å²) < 4.78 is 36.1. The number of allylic oxidation sites excluding steroid dienone is 3. The summed E-state index contributed by atoms with van der Waals surface area (Å²) in [7, 11) is 0. The molecule has 0 unspecified atom stereocenters. The topological polar surface area (TPSA) is 94.1 Å². The van der Waals surface area contributed by atoms with Gasteiger partial charge in [-0.1, -0.05) is 36.5 Å². The Morgan fingerprint density at radius 3 is 0.979 bits per heavy atom. The lowest BCUT2D eigenvalue weighted by atomic mass is 10.1. The lowest BCUT2D eigenvalue weighted by molar-refractivity contribution is 0.335. The van der Waals surface area contributed by atoms with Gasteiger partial charge in [-0.15, -0.1) is 15.0 Å². The van der Waals surface area contributed by atoms with E-state index in [9.17, 15) is 0 Å². The first-order chi connectivity index (χ1) is 23.1. The zero-order valence-corrected chi connectivity index (χ0v) is 28.9. The molecule has 0 aliphatic heterocycles. The van der Waals surface area contributed by atoms with Crippen LogP contribution in [-0.4, -0.2) is 34.8 Å². The quantitative estimate of drug-likeness (QED) is 0.0975. The number of rotatable bonds is 18. The van der Waals surface area contributed by atoms with Crippen molar-refractivity contribution >= 4 is 0 Å². The van der Waals surface area contributed by atoms with Crippen LogP contribution < -0.4 is 28.4 Å². The largest absolute Gasteiger partial charge is 0.494 e. The number of hydrogen-bond donors (Lipinski definition) is 0. The highest BCUT2D eigenvalue weighted by atomic mass is 16.5. The lowest BCUT2D eigenvalue weighted by Gasteiger charge is -2.16. The van der Waals surface area contributed by atoms with Gasteiger partial charge in [-0.25, -0.2) is 0 Å². The molecular weight excluding hydrogens is 606 g/mol. The predicted octanol–water partition coefficient (Wildman–Crippen LogP) is 9.80. The van der Waals surface area contributed by atoms with E-state index in [-0.39, 0.29) is 18.0 Å². The Labute approximate surface area is 283 Å². The minimum atomic E-state index is -0.0121. The van der Waals surface area contributed by atoms with Gasteiger partial charge in [0.05, 0.1) is 19.8 Å². The van der Waals surface area contributed by atoms with Gasteiger partial charge in [0.1, 0.15) is 34.5 Å². The Morgan fingerprint density at radius 1 is 0.479 bits per heavy atom. The minimum absolute atomic E-state index is 0.0121. The number of hydrogen-bond acceptors (Lipinski definition) is 9. The molecule has 9 heteroatoms. The van der Waals surface area contributed by atoms with Crippen LogP contribution in [0.1, 0.15) is 58.2 Å². The monoisotopic (exact) mass is 651 g/mol. The molecule has 4 rings (SSSR count). The van der Waals surface area contributed by atoms with Crippen LogP contribution in [0.2, 0.25) is 0 Å². The van der Waals surface area contributed by atoms with E-state index in [0.29, 0.717) is 56.3 Å². The molecule has 0 radical (unpaired) electrons. The molecule has 0 aliphatic rings. The van der Waals surface area contributed by atoms with Gasteiger partial charge in [0.15, 0.2) is 0 Å². The molecule has 252 valence electrons. The lowest BCUT2D eigenvalue weighted by Crippen LogP contribution is -2.05. The molecule has 0 atom stereocenters. The summed E-state index contributed by atoms with van der Waals surface area (Å²) in [6.45, 7) is 25.5. The van der Waals surface area contributed by atoms with E-state index in [2.05, 4.69) is 34.7 Å². The van der Waals surface area contributed by atoms with Crippen molar-refractivity contribution in [3.63, 3.8) is 0 Å². The molecule has 0 bridgehead atoms. The smallest absolute Gasteiger partial charge is 0.331 e. The molecule has 3 aromatic carbocycles. The van der Waals surface area contributed by atoms with Crippen molar-refractivity contribution in [2.24, 2.45) is 0 Å². The second-order valence-electron chi connectivity index (χ2n) is 11.5. The summed E-state index contributed by atoms with van der Waals surface area (Å²) in [5.74, 6) is 3.80. The van der Waals surface area contributed by atoms with Crippen molar-refractivity contribution in [3.8, 4) is 52.5 Å². The fourth-order valence-electron chi connectivity index (χ4n) is 4.88. The SMILES string of the molecule is C=C(C)Cc1cc(OCC)ccc1Oc1nc(Oc2ccc(OCC)cc2CC(=C)C)nc(Oc2ccc(OCC)cc2CC(=C)C)n1. The molecule has 1 heterocycles. The van der Waals surface area contributed by atoms with Gasteiger partial charge in [-0.05, 0) is 115 Å². The van der Waals surface area contributed by atoms with Gasteiger partial charge in [-0.2, -0.15) is 0 Å². The standard InChI is InChI=1S/C39H45N3O6/c1-10-43-31-13-16-34(28(22-31)19-25(4)5)46-37-40-38(47-35-17-14-32(44-11-2)23-29(35)20-26(6)7)42-39(41-37)48-36-18-15-33(45-12-3)24-30(36)21-27(8)9/h13-18,22-24H,4,6,8,10-12,19-21H2,1-3,5,7,9H3. The zero-order valence-electron chi connectivity index (χ0n) is 28.9. The van der Waals surface area contributed by atoms with E-state index in [0.717, 1.165) is 50.7 Å². The summed E-state index contributed by atoms with van der Waals surface area (Å²) >= 11 is 0. The zero-order chi connectivity index (χ0) is 34.6. The van der Waals surface area contributed by atoms with Crippen LogP contribution in [-0.2, 0) is 19.3 Å². The summed E-state index contributed by atoms with van der Waals surface area (Å²) in [6, 6.07) is 16.7. The van der Waals surface area contributed by atoms with Crippen LogP contribution in [0.15, 0.2) is 91.1 Å². The summed E-state index contributed by atoms with van der Waals surface area (Å²) in [5, 5.41) is 0. The van der Waals surface area contributed by atoms with E-state index < -0.39 is 0 Å². The molecule has 0 saturated carbocycles. The van der Waals surface area contributed by atoms with E-state index in [1.54, 1.807) is 0 Å². The molecule has 0 fully saturated rings. The summed E-state index contributed by atoms with van der Waals surface area (Å²) in [4.78, 5) is 13.6. The highest BCUT2D eigenvalue weighted by molar-refractivity contribution is 5.46. The Balaban J connectivity index is 1.79. The average Bonchev–Trinajstić information content (AvgIpc) is 3.01. The molecule has 0 amide bonds. The Bertz CT molecular complexity index is 1550.